The number of aromatic hydroxyl groups is 1. The molecule has 6 nitrogen and oxygen atoms in total. The zero-order valence-electron chi connectivity index (χ0n) is 10.3. The van der Waals surface area contributed by atoms with Crippen molar-refractivity contribution in [3.05, 3.63) is 26.4 Å². The molecule has 0 bridgehead atoms. The van der Waals surface area contributed by atoms with E-state index in [9.17, 15) is 14.7 Å². The standard InChI is InChI=1S/C11H18N2O4/c1-4-5-8(6-17-3)13-10(15)7(2)9(14)12-11(13)16/h8,15H,4-6H2,1-3H3,(H,12,14,16). The number of ether oxygens (including phenoxy) is 1. The topological polar surface area (TPSA) is 84.3 Å². The number of nitrogens with zero attached hydrogens (tertiary/aromatic N) is 1. The summed E-state index contributed by atoms with van der Waals surface area (Å²) in [5.41, 5.74) is -1.02. The number of aromatic amines is 1. The van der Waals surface area contributed by atoms with Gasteiger partial charge in [-0.25, -0.2) is 4.79 Å². The Balaban J connectivity index is 3.32. The second kappa shape index (κ2) is 5.67. The number of methoxy groups -OCH3 is 1. The van der Waals surface area contributed by atoms with E-state index in [2.05, 4.69) is 4.98 Å². The average Bonchev–Trinajstić information content (AvgIpc) is 2.27. The number of hydrogen-bond donors (Lipinski definition) is 2. The Hall–Kier alpha value is -1.56. The van der Waals surface area contributed by atoms with E-state index >= 15 is 0 Å². The number of aromatic nitrogens is 2. The fraction of sp³-hybridized carbons (Fsp3) is 0.636. The smallest absolute Gasteiger partial charge is 0.331 e. The number of H-pyrrole nitrogens is 1. The molecule has 0 amide bonds. The van der Waals surface area contributed by atoms with Crippen LogP contribution in [0, 0.1) is 6.92 Å². The highest BCUT2D eigenvalue weighted by Crippen LogP contribution is 2.19. The van der Waals surface area contributed by atoms with Crippen molar-refractivity contribution in [2.24, 2.45) is 0 Å². The lowest BCUT2D eigenvalue weighted by Gasteiger charge is -2.19. The van der Waals surface area contributed by atoms with Gasteiger partial charge in [0.1, 0.15) is 0 Å². The maximum atomic E-state index is 11.7. The SMILES string of the molecule is CCCC(COC)n1c(O)c(C)c(=O)[nH]c1=O. The van der Waals surface area contributed by atoms with Gasteiger partial charge in [-0.3, -0.25) is 14.3 Å². The molecule has 0 aliphatic rings. The van der Waals surface area contributed by atoms with E-state index in [0.717, 1.165) is 6.42 Å². The molecule has 0 spiro atoms. The average molecular weight is 242 g/mol. The van der Waals surface area contributed by atoms with E-state index in [0.29, 0.717) is 13.0 Å². The minimum absolute atomic E-state index is 0.141. The van der Waals surface area contributed by atoms with Crippen molar-refractivity contribution in [3.63, 3.8) is 0 Å². The van der Waals surface area contributed by atoms with E-state index in [1.54, 1.807) is 0 Å². The van der Waals surface area contributed by atoms with Crippen LogP contribution in [0.4, 0.5) is 0 Å². The van der Waals surface area contributed by atoms with Crippen LogP contribution in [-0.4, -0.2) is 28.4 Å². The molecule has 1 aromatic rings. The van der Waals surface area contributed by atoms with Crippen LogP contribution in [0.2, 0.25) is 0 Å². The molecule has 1 unspecified atom stereocenters. The van der Waals surface area contributed by atoms with E-state index < -0.39 is 11.2 Å². The highest BCUT2D eigenvalue weighted by atomic mass is 16.5. The number of rotatable bonds is 5. The van der Waals surface area contributed by atoms with E-state index in [1.165, 1.54) is 18.6 Å². The van der Waals surface area contributed by atoms with Gasteiger partial charge in [-0.2, -0.15) is 0 Å². The third kappa shape index (κ3) is 2.76. The second-order valence-corrected chi connectivity index (χ2v) is 3.98. The lowest BCUT2D eigenvalue weighted by molar-refractivity contribution is 0.142. The van der Waals surface area contributed by atoms with Crippen molar-refractivity contribution < 1.29 is 9.84 Å². The van der Waals surface area contributed by atoms with Gasteiger partial charge in [-0.1, -0.05) is 13.3 Å². The predicted octanol–water partition coefficient (Wildman–Crippen LogP) is 0.538. The molecule has 0 aliphatic carbocycles. The molecule has 0 aliphatic heterocycles. The van der Waals surface area contributed by atoms with Gasteiger partial charge in [0.05, 0.1) is 18.2 Å². The maximum absolute atomic E-state index is 11.7. The predicted molar refractivity (Wildman–Crippen MR) is 63.5 cm³/mol. The Morgan fingerprint density at radius 2 is 2.12 bits per heavy atom. The summed E-state index contributed by atoms with van der Waals surface area (Å²) < 4.78 is 6.21. The molecule has 0 saturated carbocycles. The van der Waals surface area contributed by atoms with Crippen molar-refractivity contribution >= 4 is 0 Å². The van der Waals surface area contributed by atoms with Crippen molar-refractivity contribution in [1.29, 1.82) is 0 Å². The summed E-state index contributed by atoms with van der Waals surface area (Å²) in [4.78, 5) is 25.2. The summed E-state index contributed by atoms with van der Waals surface area (Å²) in [5, 5.41) is 9.87. The van der Waals surface area contributed by atoms with Crippen molar-refractivity contribution in [3.8, 4) is 5.88 Å². The first kappa shape index (κ1) is 13.5. The number of nitrogens with one attached hydrogen (secondary N) is 1. The fourth-order valence-electron chi connectivity index (χ4n) is 1.78. The summed E-state index contributed by atoms with van der Waals surface area (Å²) in [5.74, 6) is -0.283. The summed E-state index contributed by atoms with van der Waals surface area (Å²) in [6.07, 6.45) is 1.53. The van der Waals surface area contributed by atoms with Gasteiger partial charge in [-0.15, -0.1) is 0 Å². The molecular formula is C11H18N2O4. The third-order valence-electron chi connectivity index (χ3n) is 2.69. The van der Waals surface area contributed by atoms with Gasteiger partial charge in [-0.05, 0) is 13.3 Å². The molecule has 0 radical (unpaired) electrons. The molecule has 0 aromatic carbocycles. The lowest BCUT2D eigenvalue weighted by Crippen LogP contribution is -2.35. The number of hydrogen-bond acceptors (Lipinski definition) is 4. The summed E-state index contributed by atoms with van der Waals surface area (Å²) in [6.45, 7) is 3.76. The maximum Gasteiger partial charge on any atom is 0.331 e. The Morgan fingerprint density at radius 1 is 1.47 bits per heavy atom. The Morgan fingerprint density at radius 3 is 2.65 bits per heavy atom. The molecule has 96 valence electrons. The first-order valence-corrected chi connectivity index (χ1v) is 5.56. The lowest BCUT2D eigenvalue weighted by atomic mass is 10.1. The first-order chi connectivity index (χ1) is 8.02. The summed E-state index contributed by atoms with van der Waals surface area (Å²) in [6, 6.07) is -0.270. The summed E-state index contributed by atoms with van der Waals surface area (Å²) in [7, 11) is 1.53. The molecule has 1 aromatic heterocycles. The minimum Gasteiger partial charge on any atom is -0.494 e. The molecule has 0 saturated heterocycles. The molecule has 1 heterocycles. The van der Waals surface area contributed by atoms with Crippen LogP contribution in [0.1, 0.15) is 31.4 Å². The van der Waals surface area contributed by atoms with Crippen LogP contribution in [0.5, 0.6) is 5.88 Å². The van der Waals surface area contributed by atoms with Crippen LogP contribution in [0.15, 0.2) is 9.59 Å². The van der Waals surface area contributed by atoms with Crippen LogP contribution in [0.25, 0.3) is 0 Å². The van der Waals surface area contributed by atoms with Crippen molar-refractivity contribution in [2.75, 3.05) is 13.7 Å². The van der Waals surface area contributed by atoms with Gasteiger partial charge in [0.2, 0.25) is 5.88 Å². The highest BCUT2D eigenvalue weighted by Gasteiger charge is 2.18. The molecule has 0 fully saturated rings. The van der Waals surface area contributed by atoms with Crippen LogP contribution < -0.4 is 11.2 Å². The van der Waals surface area contributed by atoms with Gasteiger partial charge < -0.3 is 9.84 Å². The van der Waals surface area contributed by atoms with E-state index in [1.807, 2.05) is 6.92 Å². The van der Waals surface area contributed by atoms with Crippen molar-refractivity contribution in [2.45, 2.75) is 32.7 Å². The molecule has 2 N–H and O–H groups in total. The third-order valence-corrected chi connectivity index (χ3v) is 2.69. The van der Waals surface area contributed by atoms with E-state index in [-0.39, 0.29) is 17.5 Å². The molecule has 17 heavy (non-hydrogen) atoms. The van der Waals surface area contributed by atoms with Gasteiger partial charge in [0, 0.05) is 7.11 Å². The van der Waals surface area contributed by atoms with E-state index in [4.69, 9.17) is 4.74 Å². The second-order valence-electron chi connectivity index (χ2n) is 3.98. The minimum atomic E-state index is -0.603. The monoisotopic (exact) mass is 242 g/mol. The van der Waals surface area contributed by atoms with Crippen molar-refractivity contribution in [1.82, 2.24) is 9.55 Å². The van der Waals surface area contributed by atoms with Gasteiger partial charge >= 0.3 is 5.69 Å². The molecular weight excluding hydrogens is 224 g/mol. The Labute approximate surface area is 98.9 Å². The highest BCUT2D eigenvalue weighted by molar-refractivity contribution is 5.21. The first-order valence-electron chi connectivity index (χ1n) is 5.56. The largest absolute Gasteiger partial charge is 0.494 e. The zero-order valence-corrected chi connectivity index (χ0v) is 10.3. The normalized spacial score (nSPS) is 12.6. The Bertz CT molecular complexity index is 483. The van der Waals surface area contributed by atoms with Gasteiger partial charge in [0.25, 0.3) is 5.56 Å². The summed E-state index contributed by atoms with van der Waals surface area (Å²) >= 11 is 0. The van der Waals surface area contributed by atoms with Crippen LogP contribution in [0.3, 0.4) is 0 Å². The van der Waals surface area contributed by atoms with Crippen LogP contribution in [-0.2, 0) is 4.74 Å². The Kier molecular flexibility index (Phi) is 4.51. The molecule has 1 rings (SSSR count). The molecule has 1 atom stereocenters. The zero-order chi connectivity index (χ0) is 13.0. The van der Waals surface area contributed by atoms with Crippen LogP contribution >= 0.6 is 0 Å². The van der Waals surface area contributed by atoms with Gasteiger partial charge in [0.15, 0.2) is 0 Å². The molecule has 6 heteroatoms. The fourth-order valence-corrected chi connectivity index (χ4v) is 1.78. The quantitative estimate of drug-likeness (QED) is 0.789.